The number of aromatic nitrogens is 4. The number of nitrogens with zero attached hydrogens (tertiary/aromatic N) is 4. The zero-order valence-electron chi connectivity index (χ0n) is 13.3. The molecule has 25 heavy (non-hydrogen) atoms. The molecule has 1 aliphatic heterocycles. The molecule has 4 nitrogen and oxygen atoms in total. The van der Waals surface area contributed by atoms with Crippen molar-refractivity contribution in [3.05, 3.63) is 72.7 Å². The third kappa shape index (κ3) is 1.68. The lowest BCUT2D eigenvalue weighted by Crippen LogP contribution is -2.31. The van der Waals surface area contributed by atoms with Gasteiger partial charge in [-0.1, -0.05) is 29.5 Å². The fourth-order valence-corrected chi connectivity index (χ4v) is 4.99. The molecule has 6 rings (SSSR count). The van der Waals surface area contributed by atoms with Crippen LogP contribution < -0.4 is 4.57 Å². The summed E-state index contributed by atoms with van der Waals surface area (Å²) in [7, 11) is 0. The van der Waals surface area contributed by atoms with E-state index in [1.807, 2.05) is 24.7 Å². The van der Waals surface area contributed by atoms with Crippen molar-refractivity contribution in [1.29, 1.82) is 0 Å². The van der Waals surface area contributed by atoms with Crippen molar-refractivity contribution in [1.82, 2.24) is 14.5 Å². The number of hydrogen-bond acceptors (Lipinski definition) is 3. The number of thiophene rings is 1. The van der Waals surface area contributed by atoms with Gasteiger partial charge >= 0.3 is 0 Å². The van der Waals surface area contributed by atoms with Crippen LogP contribution in [0.15, 0.2) is 67.1 Å². The van der Waals surface area contributed by atoms with E-state index in [1.54, 1.807) is 11.3 Å². The molecule has 0 saturated heterocycles. The van der Waals surface area contributed by atoms with Crippen LogP contribution in [0.2, 0.25) is 0 Å². The number of benzene rings is 1. The van der Waals surface area contributed by atoms with Crippen LogP contribution in [0.4, 0.5) is 0 Å². The Kier molecular flexibility index (Phi) is 2.51. The highest BCUT2D eigenvalue weighted by atomic mass is 32.1. The predicted molar refractivity (Wildman–Crippen MR) is 99.0 cm³/mol. The number of hydrogen-bond donors (Lipinski definition) is 0. The molecule has 5 heteroatoms. The summed E-state index contributed by atoms with van der Waals surface area (Å²) in [6.07, 6.45) is 5.73. The highest BCUT2D eigenvalue weighted by Crippen LogP contribution is 2.39. The number of pyridine rings is 2. The van der Waals surface area contributed by atoms with E-state index in [4.69, 9.17) is 0 Å². The van der Waals surface area contributed by atoms with Crippen LogP contribution >= 0.6 is 11.3 Å². The molecule has 0 radical (unpaired) electrons. The van der Waals surface area contributed by atoms with Gasteiger partial charge in [-0.3, -0.25) is 9.97 Å². The van der Waals surface area contributed by atoms with Crippen molar-refractivity contribution < 1.29 is 4.57 Å². The van der Waals surface area contributed by atoms with Gasteiger partial charge in [0.25, 0.3) is 5.82 Å². The fourth-order valence-electron chi connectivity index (χ4n) is 3.80. The van der Waals surface area contributed by atoms with Crippen LogP contribution in [-0.2, 0) is 6.54 Å². The smallest absolute Gasteiger partial charge is 0.264 e. The van der Waals surface area contributed by atoms with Crippen LogP contribution in [0.1, 0.15) is 5.56 Å². The van der Waals surface area contributed by atoms with E-state index in [-0.39, 0.29) is 0 Å². The normalized spacial score (nSPS) is 12.6. The van der Waals surface area contributed by atoms with Gasteiger partial charge in [-0.25, -0.2) is 4.57 Å². The van der Waals surface area contributed by atoms with Crippen molar-refractivity contribution in [2.24, 2.45) is 0 Å². The second-order valence-electron chi connectivity index (χ2n) is 6.22. The SMILES string of the molecule is c1ccc(-n2c3[n+](c4c5ncccc5sc42)Cc2cnccc2-3)cc1. The fraction of sp³-hybridized carbons (Fsp3) is 0.0500. The van der Waals surface area contributed by atoms with Gasteiger partial charge in [0, 0.05) is 24.2 Å². The molecule has 0 amide bonds. The first-order valence-corrected chi connectivity index (χ1v) is 9.04. The number of rotatable bonds is 1. The lowest BCUT2D eigenvalue weighted by atomic mass is 10.1. The van der Waals surface area contributed by atoms with E-state index in [1.165, 1.54) is 37.7 Å². The standard InChI is InChI=1S/C20H13N4S/c1-2-5-14(6-3-1)24-19-15-8-10-21-11-13(15)12-23(19)18-17-16(25-20(18)24)7-4-9-22-17/h1-11H,12H2/q+1. The first-order valence-electron chi connectivity index (χ1n) is 8.22. The van der Waals surface area contributed by atoms with Crippen LogP contribution in [0.5, 0.6) is 0 Å². The predicted octanol–water partition coefficient (Wildman–Crippen LogP) is 3.95. The first kappa shape index (κ1) is 13.3. The molecule has 5 aromatic rings. The molecule has 1 aromatic carbocycles. The summed E-state index contributed by atoms with van der Waals surface area (Å²) < 4.78 is 5.98. The Labute approximate surface area is 147 Å². The molecule has 0 bridgehead atoms. The Bertz CT molecular complexity index is 1270. The van der Waals surface area contributed by atoms with Crippen molar-refractivity contribution in [2.45, 2.75) is 6.54 Å². The summed E-state index contributed by atoms with van der Waals surface area (Å²) in [6.45, 7) is 0.844. The molecule has 0 spiro atoms. The van der Waals surface area contributed by atoms with E-state index in [0.29, 0.717) is 0 Å². The van der Waals surface area contributed by atoms with E-state index < -0.39 is 0 Å². The Hall–Kier alpha value is -3.05. The van der Waals surface area contributed by atoms with Gasteiger partial charge in [0.2, 0.25) is 10.3 Å². The highest BCUT2D eigenvalue weighted by Gasteiger charge is 2.37. The zero-order valence-corrected chi connectivity index (χ0v) is 14.1. The largest absolute Gasteiger partial charge is 0.296 e. The second-order valence-corrected chi connectivity index (χ2v) is 7.25. The number of fused-ring (bicyclic) bond motifs is 7. The molecule has 0 saturated carbocycles. The Morgan fingerprint density at radius 1 is 1.00 bits per heavy atom. The van der Waals surface area contributed by atoms with Crippen molar-refractivity contribution in [3.63, 3.8) is 0 Å². The third-order valence-electron chi connectivity index (χ3n) is 4.83. The van der Waals surface area contributed by atoms with Gasteiger partial charge in [0.15, 0.2) is 0 Å². The summed E-state index contributed by atoms with van der Waals surface area (Å²) in [4.78, 5) is 10.2. The third-order valence-corrected chi connectivity index (χ3v) is 5.95. The van der Waals surface area contributed by atoms with Gasteiger partial charge < -0.3 is 0 Å². The quantitative estimate of drug-likeness (QED) is 0.424. The Morgan fingerprint density at radius 3 is 2.84 bits per heavy atom. The molecule has 0 unspecified atom stereocenters. The van der Waals surface area contributed by atoms with Gasteiger partial charge in [0.05, 0.1) is 10.3 Å². The minimum absolute atomic E-state index is 0.844. The van der Waals surface area contributed by atoms with Crippen LogP contribution in [0.3, 0.4) is 0 Å². The van der Waals surface area contributed by atoms with Crippen LogP contribution in [0, 0.1) is 0 Å². The molecule has 1 aliphatic rings. The summed E-state index contributed by atoms with van der Waals surface area (Å²) in [5, 5.41) is 0. The molecular formula is C20H13N4S+. The molecular weight excluding hydrogens is 328 g/mol. The van der Waals surface area contributed by atoms with Gasteiger partial charge in [-0.05, 0) is 30.3 Å². The maximum atomic E-state index is 4.68. The minimum Gasteiger partial charge on any atom is -0.264 e. The number of imidazole rings is 1. The molecule has 0 atom stereocenters. The summed E-state index contributed by atoms with van der Waals surface area (Å²) >= 11 is 1.81. The topological polar surface area (TPSA) is 34.6 Å². The van der Waals surface area contributed by atoms with E-state index in [2.05, 4.69) is 61.6 Å². The number of para-hydroxylation sites is 1. The Morgan fingerprint density at radius 2 is 1.92 bits per heavy atom. The van der Waals surface area contributed by atoms with Crippen molar-refractivity contribution in [3.8, 4) is 17.1 Å². The average molecular weight is 341 g/mol. The van der Waals surface area contributed by atoms with Crippen LogP contribution in [0.25, 0.3) is 37.6 Å². The average Bonchev–Trinajstić information content (AvgIpc) is 3.29. The van der Waals surface area contributed by atoms with Gasteiger partial charge in [0.1, 0.15) is 17.7 Å². The molecule has 0 aliphatic carbocycles. The summed E-state index contributed by atoms with van der Waals surface area (Å²) in [5.74, 6) is 1.22. The van der Waals surface area contributed by atoms with Crippen LogP contribution in [-0.4, -0.2) is 14.5 Å². The maximum Gasteiger partial charge on any atom is 0.296 e. The Balaban J connectivity index is 1.83. The first-order chi connectivity index (χ1) is 12.4. The molecule has 0 N–H and O–H groups in total. The summed E-state index contributed by atoms with van der Waals surface area (Å²) in [5.41, 5.74) is 6.00. The van der Waals surface area contributed by atoms with E-state index in [0.717, 1.165) is 12.1 Å². The van der Waals surface area contributed by atoms with Crippen molar-refractivity contribution in [2.75, 3.05) is 0 Å². The second kappa shape index (κ2) is 4.74. The minimum atomic E-state index is 0.844. The summed E-state index contributed by atoms with van der Waals surface area (Å²) in [6, 6.07) is 16.8. The molecule has 4 aromatic heterocycles. The lowest BCUT2D eigenvalue weighted by molar-refractivity contribution is -0.645. The molecule has 5 heterocycles. The van der Waals surface area contributed by atoms with Gasteiger partial charge in [-0.15, -0.1) is 0 Å². The maximum absolute atomic E-state index is 4.68. The zero-order chi connectivity index (χ0) is 16.4. The molecule has 118 valence electrons. The molecule has 0 fully saturated rings. The monoisotopic (exact) mass is 341 g/mol. The van der Waals surface area contributed by atoms with Gasteiger partial charge in [-0.2, -0.15) is 4.57 Å². The van der Waals surface area contributed by atoms with E-state index >= 15 is 0 Å². The van der Waals surface area contributed by atoms with E-state index in [9.17, 15) is 0 Å². The van der Waals surface area contributed by atoms with Crippen molar-refractivity contribution >= 4 is 31.9 Å². The highest BCUT2D eigenvalue weighted by molar-refractivity contribution is 7.25. The lowest BCUT2D eigenvalue weighted by Gasteiger charge is -2.00.